The molecule has 1 aromatic heterocycles. The fourth-order valence-electron chi connectivity index (χ4n) is 1.87. The third kappa shape index (κ3) is 5.30. The average Bonchev–Trinajstić information content (AvgIpc) is 3.10. The molecule has 1 heterocycles. The molecule has 0 aliphatic carbocycles. The van der Waals surface area contributed by atoms with Crippen molar-refractivity contribution in [2.75, 3.05) is 13.7 Å². The molecule has 120 valence electrons. The molecule has 4 nitrogen and oxygen atoms in total. The summed E-state index contributed by atoms with van der Waals surface area (Å²) in [4.78, 5) is 12.9. The number of hydrogen-bond acceptors (Lipinski definition) is 4. The summed E-state index contributed by atoms with van der Waals surface area (Å²) < 4.78 is 10.8. The maximum Gasteiger partial charge on any atom is 0.244 e. The highest BCUT2D eigenvalue weighted by molar-refractivity contribution is 7.09. The van der Waals surface area contributed by atoms with Gasteiger partial charge in [0.25, 0.3) is 0 Å². The van der Waals surface area contributed by atoms with Crippen LogP contribution in [-0.2, 0) is 11.3 Å². The lowest BCUT2D eigenvalue weighted by Gasteiger charge is -2.09. The SMILES string of the molecule is C=CCOc1ccc(/C=C/C(=O)NCc2cccs2)cc1OC. The second-order valence-electron chi connectivity index (χ2n) is 4.64. The van der Waals surface area contributed by atoms with E-state index in [-0.39, 0.29) is 5.91 Å². The summed E-state index contributed by atoms with van der Waals surface area (Å²) in [7, 11) is 1.58. The number of amides is 1. The number of thiophene rings is 1. The van der Waals surface area contributed by atoms with E-state index >= 15 is 0 Å². The molecule has 0 unspecified atom stereocenters. The van der Waals surface area contributed by atoms with Crippen LogP contribution in [0.3, 0.4) is 0 Å². The normalized spacial score (nSPS) is 10.5. The van der Waals surface area contributed by atoms with Crippen molar-refractivity contribution >= 4 is 23.3 Å². The molecule has 1 N–H and O–H groups in total. The zero-order valence-electron chi connectivity index (χ0n) is 13.0. The first-order valence-electron chi connectivity index (χ1n) is 7.13. The van der Waals surface area contributed by atoms with Crippen molar-refractivity contribution in [2.45, 2.75) is 6.54 Å². The summed E-state index contributed by atoms with van der Waals surface area (Å²) in [6.07, 6.45) is 4.92. The van der Waals surface area contributed by atoms with Crippen LogP contribution >= 0.6 is 11.3 Å². The van der Waals surface area contributed by atoms with E-state index in [0.29, 0.717) is 24.7 Å². The highest BCUT2D eigenvalue weighted by Gasteiger charge is 2.04. The molecule has 2 rings (SSSR count). The number of benzene rings is 1. The Kier molecular flexibility index (Phi) is 6.44. The van der Waals surface area contributed by atoms with Crippen LogP contribution in [0, 0.1) is 0 Å². The predicted molar refractivity (Wildman–Crippen MR) is 93.9 cm³/mol. The number of hydrogen-bond donors (Lipinski definition) is 1. The van der Waals surface area contributed by atoms with Crippen LogP contribution in [0.4, 0.5) is 0 Å². The van der Waals surface area contributed by atoms with E-state index in [4.69, 9.17) is 9.47 Å². The fourth-order valence-corrected chi connectivity index (χ4v) is 2.52. The second kappa shape index (κ2) is 8.80. The van der Waals surface area contributed by atoms with Crippen molar-refractivity contribution in [2.24, 2.45) is 0 Å². The Morgan fingerprint density at radius 3 is 2.91 bits per heavy atom. The van der Waals surface area contributed by atoms with Crippen LogP contribution in [0.2, 0.25) is 0 Å². The van der Waals surface area contributed by atoms with Crippen molar-refractivity contribution in [1.82, 2.24) is 5.32 Å². The number of nitrogens with one attached hydrogen (secondary N) is 1. The standard InChI is InChI=1S/C18H19NO3S/c1-3-10-22-16-8-6-14(12-17(16)21-2)7-9-18(20)19-13-15-5-4-11-23-15/h3-9,11-12H,1,10,13H2,2H3,(H,19,20)/b9-7+. The molecule has 23 heavy (non-hydrogen) atoms. The molecule has 0 aliphatic rings. The number of rotatable bonds is 8. The van der Waals surface area contributed by atoms with Gasteiger partial charge in [0.1, 0.15) is 6.61 Å². The van der Waals surface area contributed by atoms with Gasteiger partial charge >= 0.3 is 0 Å². The number of ether oxygens (including phenoxy) is 2. The Bertz CT molecular complexity index is 678. The number of carbonyl (C=O) groups is 1. The molecular formula is C18H19NO3S. The van der Waals surface area contributed by atoms with Crippen LogP contribution < -0.4 is 14.8 Å². The molecule has 0 fully saturated rings. The van der Waals surface area contributed by atoms with E-state index in [1.54, 1.807) is 30.6 Å². The molecule has 1 aromatic carbocycles. The molecule has 2 aromatic rings. The molecule has 5 heteroatoms. The van der Waals surface area contributed by atoms with Gasteiger partial charge in [0, 0.05) is 11.0 Å². The van der Waals surface area contributed by atoms with E-state index < -0.39 is 0 Å². The van der Waals surface area contributed by atoms with E-state index in [0.717, 1.165) is 10.4 Å². The van der Waals surface area contributed by atoms with Crippen molar-refractivity contribution < 1.29 is 14.3 Å². The zero-order chi connectivity index (χ0) is 16.5. The van der Waals surface area contributed by atoms with Gasteiger partial charge in [-0.1, -0.05) is 24.8 Å². The lowest BCUT2D eigenvalue weighted by molar-refractivity contribution is -0.116. The zero-order valence-corrected chi connectivity index (χ0v) is 13.8. The first kappa shape index (κ1) is 16.8. The molecule has 0 bridgehead atoms. The number of carbonyl (C=O) groups excluding carboxylic acids is 1. The Balaban J connectivity index is 1.95. The number of methoxy groups -OCH3 is 1. The maximum atomic E-state index is 11.8. The quantitative estimate of drug-likeness (QED) is 0.594. The van der Waals surface area contributed by atoms with Gasteiger partial charge in [-0.25, -0.2) is 0 Å². The van der Waals surface area contributed by atoms with Gasteiger partial charge in [-0.2, -0.15) is 0 Å². The van der Waals surface area contributed by atoms with Crippen LogP contribution in [-0.4, -0.2) is 19.6 Å². The largest absolute Gasteiger partial charge is 0.493 e. The van der Waals surface area contributed by atoms with Gasteiger partial charge in [-0.05, 0) is 35.2 Å². The van der Waals surface area contributed by atoms with Crippen molar-refractivity contribution in [3.05, 3.63) is 64.9 Å². The summed E-state index contributed by atoms with van der Waals surface area (Å²) in [5, 5.41) is 4.83. The summed E-state index contributed by atoms with van der Waals surface area (Å²) in [6, 6.07) is 9.45. The molecule has 0 aliphatic heterocycles. The molecule has 0 atom stereocenters. The molecule has 0 saturated carbocycles. The highest BCUT2D eigenvalue weighted by Crippen LogP contribution is 2.28. The first-order chi connectivity index (χ1) is 11.2. The van der Waals surface area contributed by atoms with Crippen LogP contribution in [0.1, 0.15) is 10.4 Å². The van der Waals surface area contributed by atoms with Crippen molar-refractivity contribution in [1.29, 1.82) is 0 Å². The van der Waals surface area contributed by atoms with Gasteiger partial charge in [0.15, 0.2) is 11.5 Å². The highest BCUT2D eigenvalue weighted by atomic mass is 32.1. The maximum absolute atomic E-state index is 11.8. The van der Waals surface area contributed by atoms with E-state index in [1.807, 2.05) is 35.7 Å². The Morgan fingerprint density at radius 1 is 1.35 bits per heavy atom. The van der Waals surface area contributed by atoms with Crippen LogP contribution in [0.5, 0.6) is 11.5 Å². The topological polar surface area (TPSA) is 47.6 Å². The molecular weight excluding hydrogens is 310 g/mol. The third-order valence-electron chi connectivity index (χ3n) is 2.99. The molecule has 0 radical (unpaired) electrons. The minimum absolute atomic E-state index is 0.135. The lowest BCUT2D eigenvalue weighted by atomic mass is 10.2. The Labute approximate surface area is 140 Å². The minimum Gasteiger partial charge on any atom is -0.493 e. The van der Waals surface area contributed by atoms with Gasteiger partial charge in [-0.15, -0.1) is 11.3 Å². The van der Waals surface area contributed by atoms with Gasteiger partial charge < -0.3 is 14.8 Å². The average molecular weight is 329 g/mol. The summed E-state index contributed by atoms with van der Waals surface area (Å²) in [5.41, 5.74) is 0.860. The van der Waals surface area contributed by atoms with Gasteiger partial charge in [0.2, 0.25) is 5.91 Å². The van der Waals surface area contributed by atoms with Crippen LogP contribution in [0.25, 0.3) is 6.08 Å². The molecule has 0 saturated heterocycles. The van der Waals surface area contributed by atoms with E-state index in [2.05, 4.69) is 11.9 Å². The summed E-state index contributed by atoms with van der Waals surface area (Å²) >= 11 is 1.62. The molecule has 0 spiro atoms. The first-order valence-corrected chi connectivity index (χ1v) is 8.01. The van der Waals surface area contributed by atoms with Gasteiger partial charge in [0.05, 0.1) is 13.7 Å². The van der Waals surface area contributed by atoms with Crippen molar-refractivity contribution in [3.8, 4) is 11.5 Å². The molecule has 1 amide bonds. The van der Waals surface area contributed by atoms with Gasteiger partial charge in [-0.3, -0.25) is 4.79 Å². The Hall–Kier alpha value is -2.53. The fraction of sp³-hybridized carbons (Fsp3) is 0.167. The van der Waals surface area contributed by atoms with E-state index in [1.165, 1.54) is 6.08 Å². The summed E-state index contributed by atoms with van der Waals surface area (Å²) in [5.74, 6) is 1.13. The summed E-state index contributed by atoms with van der Waals surface area (Å²) in [6.45, 7) is 4.57. The second-order valence-corrected chi connectivity index (χ2v) is 5.67. The third-order valence-corrected chi connectivity index (χ3v) is 3.86. The smallest absolute Gasteiger partial charge is 0.244 e. The monoisotopic (exact) mass is 329 g/mol. The van der Waals surface area contributed by atoms with Crippen LogP contribution in [0.15, 0.2) is 54.4 Å². The predicted octanol–water partition coefficient (Wildman–Crippen LogP) is 3.65. The Morgan fingerprint density at radius 2 is 2.22 bits per heavy atom. The van der Waals surface area contributed by atoms with E-state index in [9.17, 15) is 4.79 Å². The lowest BCUT2D eigenvalue weighted by Crippen LogP contribution is -2.19. The minimum atomic E-state index is -0.135. The van der Waals surface area contributed by atoms with Crippen molar-refractivity contribution in [3.63, 3.8) is 0 Å².